The van der Waals surface area contributed by atoms with Crippen LogP contribution in [0, 0.1) is 5.92 Å². The van der Waals surface area contributed by atoms with E-state index in [9.17, 15) is 14.4 Å². The zero-order chi connectivity index (χ0) is 9.02. The molecule has 0 aromatic carbocycles. The number of carbonyl (C=O) groups is 3. The standard InChI is InChI=1S/C6H8O5/c1-3(6(10)11)4(7)2-5(8)9/h3H,2H2,1H3,(H,8,9)(H,10,11). The van der Waals surface area contributed by atoms with Gasteiger partial charge in [0.2, 0.25) is 0 Å². The first-order valence-electron chi connectivity index (χ1n) is 2.92. The zero-order valence-corrected chi connectivity index (χ0v) is 5.90. The van der Waals surface area contributed by atoms with Crippen molar-refractivity contribution in [3.05, 3.63) is 0 Å². The molecule has 0 amide bonds. The van der Waals surface area contributed by atoms with Gasteiger partial charge < -0.3 is 10.2 Å². The van der Waals surface area contributed by atoms with Crippen LogP contribution in [0.1, 0.15) is 13.3 Å². The summed E-state index contributed by atoms with van der Waals surface area (Å²) >= 11 is 0. The second kappa shape index (κ2) is 3.70. The van der Waals surface area contributed by atoms with Crippen LogP contribution in [-0.2, 0) is 14.4 Å². The highest BCUT2D eigenvalue weighted by atomic mass is 16.4. The van der Waals surface area contributed by atoms with Crippen molar-refractivity contribution in [3.63, 3.8) is 0 Å². The molecule has 5 heteroatoms. The van der Waals surface area contributed by atoms with Crippen LogP contribution in [0.2, 0.25) is 0 Å². The van der Waals surface area contributed by atoms with Crippen LogP contribution >= 0.6 is 0 Å². The van der Waals surface area contributed by atoms with E-state index in [1.54, 1.807) is 0 Å². The quantitative estimate of drug-likeness (QED) is 0.553. The molecule has 1 unspecified atom stereocenters. The Morgan fingerprint density at radius 1 is 1.27 bits per heavy atom. The lowest BCUT2D eigenvalue weighted by Gasteiger charge is -2.00. The molecule has 0 fully saturated rings. The van der Waals surface area contributed by atoms with E-state index in [0.717, 1.165) is 6.92 Å². The Kier molecular flexibility index (Phi) is 3.23. The van der Waals surface area contributed by atoms with Crippen molar-refractivity contribution in [2.24, 2.45) is 5.92 Å². The minimum atomic E-state index is -1.30. The summed E-state index contributed by atoms with van der Waals surface area (Å²) in [7, 11) is 0. The van der Waals surface area contributed by atoms with E-state index in [-0.39, 0.29) is 0 Å². The minimum absolute atomic E-state index is 0.729. The van der Waals surface area contributed by atoms with E-state index in [2.05, 4.69) is 0 Å². The number of carboxylic acid groups (broad SMARTS) is 2. The van der Waals surface area contributed by atoms with E-state index in [1.807, 2.05) is 0 Å². The molecule has 0 aliphatic heterocycles. The van der Waals surface area contributed by atoms with Gasteiger partial charge in [0.1, 0.15) is 12.3 Å². The van der Waals surface area contributed by atoms with E-state index in [0.29, 0.717) is 0 Å². The molecule has 0 heterocycles. The zero-order valence-electron chi connectivity index (χ0n) is 5.90. The van der Waals surface area contributed by atoms with Crippen LogP contribution < -0.4 is 0 Å². The van der Waals surface area contributed by atoms with Gasteiger partial charge in [-0.15, -0.1) is 0 Å². The Balaban J connectivity index is 4.04. The molecule has 0 aliphatic carbocycles. The summed E-state index contributed by atoms with van der Waals surface area (Å²) in [4.78, 5) is 30.7. The highest BCUT2D eigenvalue weighted by Gasteiger charge is 2.22. The summed E-state index contributed by atoms with van der Waals surface area (Å²) < 4.78 is 0. The predicted octanol–water partition coefficient (Wildman–Crippen LogP) is -0.249. The Morgan fingerprint density at radius 2 is 1.73 bits per heavy atom. The lowest BCUT2D eigenvalue weighted by molar-refractivity contribution is -0.147. The number of carboxylic acids is 2. The van der Waals surface area contributed by atoms with Crippen molar-refractivity contribution in [2.45, 2.75) is 13.3 Å². The summed E-state index contributed by atoms with van der Waals surface area (Å²) in [5.74, 6) is -4.62. The maximum Gasteiger partial charge on any atom is 0.313 e. The first kappa shape index (κ1) is 9.61. The number of hydrogen-bond donors (Lipinski definition) is 2. The average molecular weight is 160 g/mol. The first-order chi connectivity index (χ1) is 4.95. The second-order valence-electron chi connectivity index (χ2n) is 2.10. The summed E-state index contributed by atoms with van der Waals surface area (Å²) in [5.41, 5.74) is 0. The van der Waals surface area contributed by atoms with E-state index >= 15 is 0 Å². The predicted molar refractivity (Wildman–Crippen MR) is 34.1 cm³/mol. The van der Waals surface area contributed by atoms with Crippen LogP contribution in [0.3, 0.4) is 0 Å². The number of aliphatic carboxylic acids is 2. The van der Waals surface area contributed by atoms with Gasteiger partial charge in [0.15, 0.2) is 5.78 Å². The Labute approximate surface area is 62.6 Å². The van der Waals surface area contributed by atoms with Crippen LogP contribution in [0.5, 0.6) is 0 Å². The normalized spacial score (nSPS) is 12.1. The molecule has 0 bridgehead atoms. The van der Waals surface area contributed by atoms with Gasteiger partial charge in [-0.1, -0.05) is 0 Å². The monoisotopic (exact) mass is 160 g/mol. The first-order valence-corrected chi connectivity index (χ1v) is 2.92. The molecule has 2 N–H and O–H groups in total. The molecule has 0 spiro atoms. The van der Waals surface area contributed by atoms with Crippen LogP contribution in [0.4, 0.5) is 0 Å². The van der Waals surface area contributed by atoms with Gasteiger partial charge in [-0.2, -0.15) is 0 Å². The van der Waals surface area contributed by atoms with Gasteiger partial charge in [0, 0.05) is 0 Å². The van der Waals surface area contributed by atoms with Gasteiger partial charge in [0.05, 0.1) is 0 Å². The third-order valence-corrected chi connectivity index (χ3v) is 1.18. The maximum atomic E-state index is 10.6. The van der Waals surface area contributed by atoms with Crippen LogP contribution in [0.25, 0.3) is 0 Å². The van der Waals surface area contributed by atoms with E-state index < -0.39 is 30.1 Å². The molecule has 0 aromatic rings. The number of ketones is 1. The van der Waals surface area contributed by atoms with Crippen molar-refractivity contribution in [1.82, 2.24) is 0 Å². The number of hydrogen-bond acceptors (Lipinski definition) is 3. The average Bonchev–Trinajstić information content (AvgIpc) is 1.84. The van der Waals surface area contributed by atoms with Crippen molar-refractivity contribution in [3.8, 4) is 0 Å². The fraction of sp³-hybridized carbons (Fsp3) is 0.500. The molecule has 0 aliphatic rings. The lowest BCUT2D eigenvalue weighted by atomic mass is 10.0. The molecule has 0 saturated heterocycles. The molecule has 62 valence electrons. The fourth-order valence-corrected chi connectivity index (χ4v) is 0.440. The third-order valence-electron chi connectivity index (χ3n) is 1.18. The summed E-state index contributed by atoms with van der Waals surface area (Å²) in [6.45, 7) is 1.16. The lowest BCUT2D eigenvalue weighted by Crippen LogP contribution is -2.22. The van der Waals surface area contributed by atoms with Gasteiger partial charge in [-0.3, -0.25) is 14.4 Å². The summed E-state index contributed by atoms with van der Waals surface area (Å²) in [6.07, 6.45) is -0.729. The Morgan fingerprint density at radius 3 is 2.00 bits per heavy atom. The topological polar surface area (TPSA) is 91.7 Å². The van der Waals surface area contributed by atoms with Gasteiger partial charge >= 0.3 is 11.9 Å². The van der Waals surface area contributed by atoms with Crippen molar-refractivity contribution in [2.75, 3.05) is 0 Å². The smallest absolute Gasteiger partial charge is 0.313 e. The molecular weight excluding hydrogens is 152 g/mol. The largest absolute Gasteiger partial charge is 0.481 e. The molecule has 1 atom stereocenters. The highest BCUT2D eigenvalue weighted by molar-refractivity contribution is 6.04. The maximum absolute atomic E-state index is 10.6. The second-order valence-corrected chi connectivity index (χ2v) is 2.10. The molecule has 5 nitrogen and oxygen atoms in total. The summed E-state index contributed by atoms with van der Waals surface area (Å²) in [5, 5.41) is 16.4. The molecular formula is C6H8O5. The van der Waals surface area contributed by atoms with Gasteiger partial charge in [0.25, 0.3) is 0 Å². The molecule has 0 radical (unpaired) electrons. The summed E-state index contributed by atoms with van der Waals surface area (Å²) in [6, 6.07) is 0. The number of rotatable bonds is 4. The van der Waals surface area contributed by atoms with Gasteiger partial charge in [-0.25, -0.2) is 0 Å². The molecule has 0 saturated carbocycles. The van der Waals surface area contributed by atoms with Gasteiger partial charge in [-0.05, 0) is 6.92 Å². The van der Waals surface area contributed by atoms with Crippen molar-refractivity contribution >= 4 is 17.7 Å². The van der Waals surface area contributed by atoms with Crippen molar-refractivity contribution in [1.29, 1.82) is 0 Å². The van der Waals surface area contributed by atoms with Crippen molar-refractivity contribution < 1.29 is 24.6 Å². The minimum Gasteiger partial charge on any atom is -0.481 e. The molecule has 0 rings (SSSR count). The fourth-order valence-electron chi connectivity index (χ4n) is 0.440. The Bertz CT molecular complexity index is 195. The van der Waals surface area contributed by atoms with E-state index in [4.69, 9.17) is 10.2 Å². The van der Waals surface area contributed by atoms with E-state index in [1.165, 1.54) is 0 Å². The molecule has 11 heavy (non-hydrogen) atoms. The highest BCUT2D eigenvalue weighted by Crippen LogP contribution is 2.00. The number of carbonyl (C=O) groups excluding carboxylic acids is 1. The number of Topliss-reactive ketones (excluding diaryl/α,β-unsaturated/α-hetero) is 1. The van der Waals surface area contributed by atoms with Crippen LogP contribution in [-0.4, -0.2) is 27.9 Å². The van der Waals surface area contributed by atoms with Crippen LogP contribution in [0.15, 0.2) is 0 Å². The SMILES string of the molecule is CC(C(=O)O)C(=O)CC(=O)O. The molecule has 0 aromatic heterocycles. The third kappa shape index (κ3) is 3.34. The Hall–Kier alpha value is -1.39.